The normalized spacial score (nSPS) is 15.2. The van der Waals surface area contributed by atoms with Gasteiger partial charge in [0.05, 0.1) is 14.2 Å². The van der Waals surface area contributed by atoms with Gasteiger partial charge in [-0.2, -0.15) is 0 Å². The summed E-state index contributed by atoms with van der Waals surface area (Å²) in [5.41, 5.74) is 0.166. The molecule has 1 amide bonds. The lowest BCUT2D eigenvalue weighted by atomic mass is 9.93. The second-order valence-electron chi connectivity index (χ2n) is 4.75. The smallest absolute Gasteiger partial charge is 0.265 e. The average Bonchev–Trinajstić information content (AvgIpc) is 2.39. The largest absolute Gasteiger partial charge is 0.493 e. The van der Waals surface area contributed by atoms with Crippen molar-refractivity contribution in [3.05, 3.63) is 17.7 Å². The van der Waals surface area contributed by atoms with Gasteiger partial charge in [-0.05, 0) is 31.4 Å². The zero-order valence-electron chi connectivity index (χ0n) is 11.7. The van der Waals surface area contributed by atoms with Crippen LogP contribution in [0.1, 0.15) is 29.6 Å². The second-order valence-corrected chi connectivity index (χ2v) is 7.28. The molecule has 1 aliphatic rings. The van der Waals surface area contributed by atoms with E-state index in [2.05, 4.69) is 5.32 Å². The molecule has 116 valence electrons. The van der Waals surface area contributed by atoms with Gasteiger partial charge in [-0.1, -0.05) is 0 Å². The first-order valence-corrected chi connectivity index (χ1v) is 8.69. The second kappa shape index (κ2) is 6.11. The molecule has 1 saturated carbocycles. The van der Waals surface area contributed by atoms with Crippen LogP contribution in [0.15, 0.2) is 17.0 Å². The van der Waals surface area contributed by atoms with Gasteiger partial charge in [-0.25, -0.2) is 8.42 Å². The zero-order chi connectivity index (χ0) is 15.6. The van der Waals surface area contributed by atoms with Crippen LogP contribution >= 0.6 is 10.7 Å². The first kappa shape index (κ1) is 15.9. The van der Waals surface area contributed by atoms with Crippen LogP contribution in [-0.4, -0.2) is 34.6 Å². The van der Waals surface area contributed by atoms with E-state index < -0.39 is 9.05 Å². The molecule has 0 saturated heterocycles. The molecule has 21 heavy (non-hydrogen) atoms. The third-order valence-corrected chi connectivity index (χ3v) is 4.74. The van der Waals surface area contributed by atoms with Gasteiger partial charge < -0.3 is 14.8 Å². The van der Waals surface area contributed by atoms with Crippen molar-refractivity contribution in [1.82, 2.24) is 5.32 Å². The third kappa shape index (κ3) is 3.41. The lowest BCUT2D eigenvalue weighted by Crippen LogP contribution is -2.39. The van der Waals surface area contributed by atoms with Crippen molar-refractivity contribution >= 4 is 25.6 Å². The van der Waals surface area contributed by atoms with E-state index in [9.17, 15) is 13.2 Å². The number of carbonyl (C=O) groups excluding carboxylic acids is 1. The van der Waals surface area contributed by atoms with Gasteiger partial charge in [0.1, 0.15) is 4.90 Å². The predicted molar refractivity (Wildman–Crippen MR) is 77.7 cm³/mol. The molecular formula is C13H16ClNO5S. The minimum atomic E-state index is -4.07. The summed E-state index contributed by atoms with van der Waals surface area (Å²) < 4.78 is 33.4. The molecule has 6 nitrogen and oxygen atoms in total. The fourth-order valence-corrected chi connectivity index (χ4v) is 3.08. The van der Waals surface area contributed by atoms with E-state index >= 15 is 0 Å². The number of benzene rings is 1. The molecule has 0 radical (unpaired) electrons. The Morgan fingerprint density at radius 1 is 1.29 bits per heavy atom. The summed E-state index contributed by atoms with van der Waals surface area (Å²) in [4.78, 5) is 11.9. The Morgan fingerprint density at radius 2 is 1.95 bits per heavy atom. The molecule has 0 unspecified atom stereocenters. The molecule has 1 N–H and O–H groups in total. The first-order chi connectivity index (χ1) is 9.86. The van der Waals surface area contributed by atoms with Crippen LogP contribution in [0.25, 0.3) is 0 Å². The Balaban J connectivity index is 2.44. The van der Waals surface area contributed by atoms with E-state index in [1.165, 1.54) is 26.4 Å². The molecule has 0 atom stereocenters. The Morgan fingerprint density at radius 3 is 2.38 bits per heavy atom. The molecule has 0 heterocycles. The highest BCUT2D eigenvalue weighted by atomic mass is 35.7. The quantitative estimate of drug-likeness (QED) is 0.832. The highest BCUT2D eigenvalue weighted by Gasteiger charge is 2.26. The van der Waals surface area contributed by atoms with Gasteiger partial charge in [0.2, 0.25) is 0 Å². The molecule has 0 bridgehead atoms. The number of methoxy groups -OCH3 is 2. The first-order valence-electron chi connectivity index (χ1n) is 6.38. The SMILES string of the molecule is COc1cc(C(=O)NC2CCC2)cc(S(=O)(=O)Cl)c1OC. The number of hydrogen-bond acceptors (Lipinski definition) is 5. The Labute approximate surface area is 127 Å². The van der Waals surface area contributed by atoms with E-state index in [1.807, 2.05) is 0 Å². The van der Waals surface area contributed by atoms with Gasteiger partial charge in [0.15, 0.2) is 11.5 Å². The van der Waals surface area contributed by atoms with Gasteiger partial charge in [-0.15, -0.1) is 0 Å². The lowest BCUT2D eigenvalue weighted by Gasteiger charge is -2.26. The fourth-order valence-electron chi connectivity index (χ4n) is 2.06. The highest BCUT2D eigenvalue weighted by Crippen LogP contribution is 2.37. The van der Waals surface area contributed by atoms with Crippen LogP contribution in [0.5, 0.6) is 11.5 Å². The van der Waals surface area contributed by atoms with Crippen molar-refractivity contribution in [3.8, 4) is 11.5 Å². The van der Waals surface area contributed by atoms with E-state index in [-0.39, 0.29) is 33.9 Å². The molecule has 1 fully saturated rings. The molecule has 0 aliphatic heterocycles. The van der Waals surface area contributed by atoms with Crippen LogP contribution in [0.3, 0.4) is 0 Å². The summed E-state index contributed by atoms with van der Waals surface area (Å²) in [6, 6.07) is 2.76. The van der Waals surface area contributed by atoms with Crippen LogP contribution in [0, 0.1) is 0 Å². The molecule has 2 rings (SSSR count). The maximum Gasteiger partial charge on any atom is 0.265 e. The minimum absolute atomic E-state index is 0.0207. The van der Waals surface area contributed by atoms with Crippen molar-refractivity contribution in [2.75, 3.05) is 14.2 Å². The molecule has 1 aromatic rings. The van der Waals surface area contributed by atoms with Crippen LogP contribution in [0.2, 0.25) is 0 Å². The number of hydrogen-bond donors (Lipinski definition) is 1. The van der Waals surface area contributed by atoms with Crippen molar-refractivity contribution in [2.45, 2.75) is 30.2 Å². The molecule has 0 aromatic heterocycles. The number of halogens is 1. The van der Waals surface area contributed by atoms with Crippen molar-refractivity contribution < 1.29 is 22.7 Å². The summed E-state index contributed by atoms with van der Waals surface area (Å²) in [5, 5.41) is 2.83. The standard InChI is InChI=1S/C13H16ClNO5S/c1-19-10-6-8(13(16)15-9-4-3-5-9)7-11(12(10)20-2)21(14,17)18/h6-7,9H,3-5H2,1-2H3,(H,15,16). The topological polar surface area (TPSA) is 81.7 Å². The molecular weight excluding hydrogens is 318 g/mol. The summed E-state index contributed by atoms with van der Waals surface area (Å²) in [7, 11) is 3.99. The molecule has 1 aromatic carbocycles. The zero-order valence-corrected chi connectivity index (χ0v) is 13.3. The molecule has 0 spiro atoms. The number of carbonyl (C=O) groups is 1. The van der Waals surface area contributed by atoms with Gasteiger partial charge in [0.25, 0.3) is 15.0 Å². The minimum Gasteiger partial charge on any atom is -0.493 e. The fraction of sp³-hybridized carbons (Fsp3) is 0.462. The van der Waals surface area contributed by atoms with Crippen molar-refractivity contribution in [2.24, 2.45) is 0 Å². The van der Waals surface area contributed by atoms with Gasteiger partial charge >= 0.3 is 0 Å². The highest BCUT2D eigenvalue weighted by molar-refractivity contribution is 8.13. The number of ether oxygens (including phenoxy) is 2. The van der Waals surface area contributed by atoms with Crippen molar-refractivity contribution in [1.29, 1.82) is 0 Å². The Hall–Kier alpha value is -1.47. The monoisotopic (exact) mass is 333 g/mol. The van der Waals surface area contributed by atoms with E-state index in [4.69, 9.17) is 20.2 Å². The summed E-state index contributed by atoms with van der Waals surface area (Å²) in [6.07, 6.45) is 2.94. The average molecular weight is 334 g/mol. The number of nitrogens with one attached hydrogen (secondary N) is 1. The number of amides is 1. The van der Waals surface area contributed by atoms with Crippen molar-refractivity contribution in [3.63, 3.8) is 0 Å². The van der Waals surface area contributed by atoms with E-state index in [1.54, 1.807) is 0 Å². The van der Waals surface area contributed by atoms with E-state index in [0.717, 1.165) is 19.3 Å². The Kier molecular flexibility index (Phi) is 4.63. The van der Waals surface area contributed by atoms with Gasteiger partial charge in [0, 0.05) is 22.3 Å². The summed E-state index contributed by atoms with van der Waals surface area (Å²) in [5.74, 6) is -0.243. The van der Waals surface area contributed by atoms with Crippen LogP contribution < -0.4 is 14.8 Å². The van der Waals surface area contributed by atoms with Crippen LogP contribution in [-0.2, 0) is 9.05 Å². The Bertz CT molecular complexity index is 655. The van der Waals surface area contributed by atoms with E-state index in [0.29, 0.717) is 0 Å². The molecule has 8 heteroatoms. The maximum atomic E-state index is 12.1. The van der Waals surface area contributed by atoms with Gasteiger partial charge in [-0.3, -0.25) is 4.79 Å². The summed E-state index contributed by atoms with van der Waals surface area (Å²) >= 11 is 0. The molecule has 1 aliphatic carbocycles. The number of rotatable bonds is 5. The third-order valence-electron chi connectivity index (χ3n) is 3.41. The maximum absolute atomic E-state index is 12.1. The van der Waals surface area contributed by atoms with Crippen LogP contribution in [0.4, 0.5) is 0 Å². The summed E-state index contributed by atoms with van der Waals surface area (Å²) in [6.45, 7) is 0. The lowest BCUT2D eigenvalue weighted by molar-refractivity contribution is 0.0916. The predicted octanol–water partition coefficient (Wildman–Crippen LogP) is 1.91.